The topological polar surface area (TPSA) is 12.0 Å². The van der Waals surface area contributed by atoms with Gasteiger partial charge in [0.25, 0.3) is 0 Å². The normalized spacial score (nSPS) is 7.20. The highest BCUT2D eigenvalue weighted by Crippen LogP contribution is 1.47. The molecule has 0 atom stereocenters. The number of nitrogens with one attached hydrogen (secondary N) is 1. The molecule has 0 heterocycles. The van der Waals surface area contributed by atoms with Gasteiger partial charge in [-0.2, -0.15) is 0 Å². The van der Waals surface area contributed by atoms with Crippen LogP contribution in [0.3, 0.4) is 0 Å². The van der Waals surface area contributed by atoms with Crippen molar-refractivity contribution in [3.63, 3.8) is 0 Å². The Bertz CT molecular complexity index is 28.1. The zero-order valence-corrected chi connectivity index (χ0v) is 3.49. The molecule has 0 aliphatic heterocycles. The van der Waals surface area contributed by atoms with E-state index in [1.807, 2.05) is 14.1 Å². The molecule has 0 amide bonds. The van der Waals surface area contributed by atoms with Gasteiger partial charge in [-0.15, -0.1) is 6.58 Å². The summed E-state index contributed by atoms with van der Waals surface area (Å²) >= 11 is 0. The summed E-state index contributed by atoms with van der Waals surface area (Å²) in [5.41, 5.74) is 0. The lowest BCUT2D eigenvalue weighted by Crippen LogP contribution is -2.05. The summed E-state index contributed by atoms with van der Waals surface area (Å²) in [5, 5.41) is 2.90. The first-order chi connectivity index (χ1) is 2.41. The maximum Gasteiger partial charge on any atom is 0.182 e. The lowest BCUT2D eigenvalue weighted by Gasteiger charge is -1.79. The maximum atomic E-state index is 3.49. The second-order valence-electron chi connectivity index (χ2n) is 0.846. The molecule has 2 heteroatoms. The lowest BCUT2D eigenvalue weighted by molar-refractivity contribution is 1.11. The molecule has 1 nitrogen and oxygen atoms in total. The van der Waals surface area contributed by atoms with Gasteiger partial charge in [-0.05, 0) is 0 Å². The minimum Gasteiger partial charge on any atom is -0.359 e. The number of hydrogen-bond donors (Lipinski definition) is 1. The Morgan fingerprint density at radius 3 is 2.60 bits per heavy atom. The molecule has 0 saturated carbocycles. The summed E-state index contributed by atoms with van der Waals surface area (Å²) < 4.78 is 0. The van der Waals surface area contributed by atoms with Crippen LogP contribution in [0.5, 0.6) is 0 Å². The van der Waals surface area contributed by atoms with Crippen molar-refractivity contribution in [1.82, 2.24) is 5.23 Å². The third kappa shape index (κ3) is 3.76. The zero-order valence-electron chi connectivity index (χ0n) is 3.49. The monoisotopic (exact) mass is 69.1 g/mol. The lowest BCUT2D eigenvalue weighted by atomic mass is 10.4. The van der Waals surface area contributed by atoms with E-state index in [0.29, 0.717) is 0 Å². The van der Waals surface area contributed by atoms with Gasteiger partial charge >= 0.3 is 0 Å². The molecule has 0 radical (unpaired) electrons. The minimum atomic E-state index is 0.903. The van der Waals surface area contributed by atoms with Crippen LogP contribution in [0.15, 0.2) is 12.7 Å². The van der Waals surface area contributed by atoms with Crippen molar-refractivity contribution in [2.45, 2.75) is 0 Å². The summed E-state index contributed by atoms with van der Waals surface area (Å²) in [6, 6.07) is 0. The van der Waals surface area contributed by atoms with Gasteiger partial charge in [0, 0.05) is 6.54 Å². The Morgan fingerprint density at radius 1 is 2.00 bits per heavy atom. The molecular formula is C3H8BN. The van der Waals surface area contributed by atoms with E-state index >= 15 is 0 Å². The van der Waals surface area contributed by atoms with Crippen molar-refractivity contribution in [3.8, 4) is 0 Å². The molecule has 0 rings (SSSR count). The summed E-state index contributed by atoms with van der Waals surface area (Å²) in [5.74, 6) is 0. The van der Waals surface area contributed by atoms with Crippen LogP contribution in [0, 0.1) is 0 Å². The van der Waals surface area contributed by atoms with E-state index in [4.69, 9.17) is 0 Å². The SMILES string of the molecule is BNCC=C. The molecular weight excluding hydrogens is 60.9 g/mol. The van der Waals surface area contributed by atoms with Crippen LogP contribution in [0.2, 0.25) is 0 Å². The van der Waals surface area contributed by atoms with E-state index in [0.717, 1.165) is 6.54 Å². The average molecular weight is 68.9 g/mol. The zero-order chi connectivity index (χ0) is 4.12. The van der Waals surface area contributed by atoms with Gasteiger partial charge in [-0.25, -0.2) is 0 Å². The number of rotatable bonds is 2. The Hall–Kier alpha value is -0.235. The highest BCUT2D eigenvalue weighted by molar-refractivity contribution is 6.04. The van der Waals surface area contributed by atoms with Crippen molar-refractivity contribution >= 4 is 7.98 Å². The molecule has 0 aromatic heterocycles. The van der Waals surface area contributed by atoms with Crippen LogP contribution >= 0.6 is 0 Å². The highest BCUT2D eigenvalue weighted by atomic mass is 14.7. The molecule has 0 saturated heterocycles. The van der Waals surface area contributed by atoms with Gasteiger partial charge in [-0.3, -0.25) is 0 Å². The maximum absolute atomic E-state index is 3.49. The summed E-state index contributed by atoms with van der Waals surface area (Å²) in [4.78, 5) is 0. The first-order valence-electron chi connectivity index (χ1n) is 1.67. The predicted octanol–water partition coefficient (Wildman–Crippen LogP) is -0.690. The van der Waals surface area contributed by atoms with E-state index in [1.165, 1.54) is 0 Å². The fourth-order valence-electron chi connectivity index (χ4n) is 0.144. The fraction of sp³-hybridized carbons (Fsp3) is 0.333. The van der Waals surface area contributed by atoms with Crippen LogP contribution in [-0.2, 0) is 0 Å². The van der Waals surface area contributed by atoms with E-state index in [1.54, 1.807) is 0 Å². The third-order valence-corrected chi connectivity index (χ3v) is 0.348. The van der Waals surface area contributed by atoms with Crippen LogP contribution in [0.4, 0.5) is 0 Å². The van der Waals surface area contributed by atoms with Gasteiger partial charge in [0.15, 0.2) is 7.98 Å². The average Bonchev–Trinajstić information content (AvgIpc) is 1.41. The molecule has 0 bridgehead atoms. The summed E-state index contributed by atoms with van der Waals surface area (Å²) in [7, 11) is 1.89. The molecule has 0 aliphatic rings. The van der Waals surface area contributed by atoms with Crippen molar-refractivity contribution < 1.29 is 0 Å². The van der Waals surface area contributed by atoms with E-state index < -0.39 is 0 Å². The second-order valence-corrected chi connectivity index (χ2v) is 0.846. The summed E-state index contributed by atoms with van der Waals surface area (Å²) in [6.07, 6.45) is 1.82. The molecule has 5 heavy (non-hydrogen) atoms. The Morgan fingerprint density at radius 2 is 2.60 bits per heavy atom. The van der Waals surface area contributed by atoms with Gasteiger partial charge in [0.1, 0.15) is 0 Å². The Kier molecular flexibility index (Phi) is 3.59. The van der Waals surface area contributed by atoms with E-state index in [2.05, 4.69) is 11.8 Å². The quantitative estimate of drug-likeness (QED) is 0.334. The fourth-order valence-corrected chi connectivity index (χ4v) is 0.144. The smallest absolute Gasteiger partial charge is 0.182 e. The largest absolute Gasteiger partial charge is 0.359 e. The minimum absolute atomic E-state index is 0.903. The standard InChI is InChI=1S/C3H8BN/c1-2-3-5-4/h2,5H,1,3-4H2. The van der Waals surface area contributed by atoms with Crippen molar-refractivity contribution in [3.05, 3.63) is 12.7 Å². The van der Waals surface area contributed by atoms with Crippen LogP contribution < -0.4 is 5.23 Å². The molecule has 0 unspecified atom stereocenters. The number of hydrogen-bond acceptors (Lipinski definition) is 1. The van der Waals surface area contributed by atoms with Crippen molar-refractivity contribution in [2.75, 3.05) is 6.54 Å². The second kappa shape index (κ2) is 3.76. The molecule has 0 fully saturated rings. The molecule has 0 spiro atoms. The Balaban J connectivity index is 2.40. The van der Waals surface area contributed by atoms with Crippen LogP contribution in [0.25, 0.3) is 0 Å². The molecule has 0 aromatic rings. The van der Waals surface area contributed by atoms with Crippen molar-refractivity contribution in [2.24, 2.45) is 0 Å². The van der Waals surface area contributed by atoms with E-state index in [9.17, 15) is 0 Å². The molecule has 0 aromatic carbocycles. The van der Waals surface area contributed by atoms with Crippen LogP contribution in [-0.4, -0.2) is 14.5 Å². The highest BCUT2D eigenvalue weighted by Gasteiger charge is 1.57. The molecule has 1 N–H and O–H groups in total. The predicted molar refractivity (Wildman–Crippen MR) is 26.7 cm³/mol. The third-order valence-electron chi connectivity index (χ3n) is 0.348. The Labute approximate surface area is 33.5 Å². The van der Waals surface area contributed by atoms with Gasteiger partial charge in [0.05, 0.1) is 0 Å². The first kappa shape index (κ1) is 4.76. The van der Waals surface area contributed by atoms with Crippen LogP contribution in [0.1, 0.15) is 0 Å². The van der Waals surface area contributed by atoms with Gasteiger partial charge < -0.3 is 5.23 Å². The van der Waals surface area contributed by atoms with Crippen molar-refractivity contribution in [1.29, 1.82) is 0 Å². The van der Waals surface area contributed by atoms with E-state index in [-0.39, 0.29) is 0 Å². The first-order valence-corrected chi connectivity index (χ1v) is 1.67. The molecule has 28 valence electrons. The molecule has 0 aliphatic carbocycles. The van der Waals surface area contributed by atoms with Gasteiger partial charge in [-0.1, -0.05) is 6.08 Å². The van der Waals surface area contributed by atoms with Gasteiger partial charge in [0.2, 0.25) is 0 Å². The summed E-state index contributed by atoms with van der Waals surface area (Å²) in [6.45, 7) is 4.39.